The van der Waals surface area contributed by atoms with Crippen LogP contribution >= 0.6 is 23.4 Å². The Labute approximate surface area is 136 Å². The Hall–Kier alpha value is -0.670. The lowest BCUT2D eigenvalue weighted by Gasteiger charge is -2.28. The molecule has 1 aromatic carbocycles. The second-order valence-corrected chi connectivity index (χ2v) is 7.84. The molecule has 4 atom stereocenters. The number of rotatable bonds is 5. The van der Waals surface area contributed by atoms with Crippen LogP contribution in [0.15, 0.2) is 29.2 Å². The molecule has 0 radical (unpaired) electrons. The summed E-state index contributed by atoms with van der Waals surface area (Å²) in [4.78, 5) is 13.1. The van der Waals surface area contributed by atoms with E-state index in [0.29, 0.717) is 17.7 Å². The van der Waals surface area contributed by atoms with Crippen LogP contribution in [0.25, 0.3) is 0 Å². The molecule has 114 valence electrons. The van der Waals surface area contributed by atoms with Gasteiger partial charge in [0.15, 0.2) is 0 Å². The van der Waals surface area contributed by atoms with Crippen molar-refractivity contribution in [3.8, 4) is 0 Å². The number of thioether (sulfide) groups is 1. The van der Waals surface area contributed by atoms with Gasteiger partial charge in [-0.3, -0.25) is 4.79 Å². The fourth-order valence-corrected chi connectivity index (χ4v) is 5.06. The molecule has 0 heterocycles. The van der Waals surface area contributed by atoms with E-state index in [4.69, 9.17) is 11.6 Å². The Morgan fingerprint density at radius 2 is 2.19 bits per heavy atom. The Kier molecular flexibility index (Phi) is 4.80. The van der Waals surface area contributed by atoms with Crippen LogP contribution < -0.4 is 5.32 Å². The summed E-state index contributed by atoms with van der Waals surface area (Å²) in [6, 6.07) is 7.98. The van der Waals surface area contributed by atoms with E-state index in [2.05, 4.69) is 12.2 Å². The molecule has 0 saturated heterocycles. The first-order valence-electron chi connectivity index (χ1n) is 7.80. The van der Waals surface area contributed by atoms with Crippen LogP contribution in [0.2, 0.25) is 5.02 Å². The lowest BCUT2D eigenvalue weighted by atomic mass is 9.84. The van der Waals surface area contributed by atoms with E-state index in [9.17, 15) is 4.79 Å². The molecule has 0 spiro atoms. The van der Waals surface area contributed by atoms with Crippen LogP contribution in [0, 0.1) is 17.8 Å². The van der Waals surface area contributed by atoms with E-state index in [1.807, 2.05) is 24.3 Å². The van der Waals surface area contributed by atoms with Gasteiger partial charge in [-0.1, -0.05) is 30.2 Å². The third-order valence-electron chi connectivity index (χ3n) is 5.02. The quantitative estimate of drug-likeness (QED) is 0.815. The van der Waals surface area contributed by atoms with Gasteiger partial charge in [0.2, 0.25) is 5.91 Å². The molecule has 0 unspecified atom stereocenters. The molecule has 2 aliphatic rings. The van der Waals surface area contributed by atoms with Crippen LogP contribution in [-0.4, -0.2) is 17.7 Å². The number of hydrogen-bond acceptors (Lipinski definition) is 2. The minimum Gasteiger partial charge on any atom is -0.353 e. The zero-order valence-corrected chi connectivity index (χ0v) is 13.9. The molecule has 2 nitrogen and oxygen atoms in total. The Morgan fingerprint density at radius 1 is 1.38 bits per heavy atom. The lowest BCUT2D eigenvalue weighted by molar-refractivity contribution is -0.119. The Morgan fingerprint density at radius 3 is 2.86 bits per heavy atom. The van der Waals surface area contributed by atoms with Gasteiger partial charge in [0, 0.05) is 10.9 Å². The summed E-state index contributed by atoms with van der Waals surface area (Å²) in [7, 11) is 0. The number of halogens is 1. The van der Waals surface area contributed by atoms with Gasteiger partial charge >= 0.3 is 0 Å². The van der Waals surface area contributed by atoms with Crippen molar-refractivity contribution < 1.29 is 4.79 Å². The highest BCUT2D eigenvalue weighted by Gasteiger charge is 2.42. The smallest absolute Gasteiger partial charge is 0.230 e. The van der Waals surface area contributed by atoms with Crippen molar-refractivity contribution in [2.75, 3.05) is 5.75 Å². The number of amides is 1. The minimum absolute atomic E-state index is 0.121. The van der Waals surface area contributed by atoms with Crippen LogP contribution in [0.5, 0.6) is 0 Å². The van der Waals surface area contributed by atoms with Crippen LogP contribution in [0.3, 0.4) is 0 Å². The molecule has 21 heavy (non-hydrogen) atoms. The second-order valence-electron chi connectivity index (χ2n) is 6.41. The third kappa shape index (κ3) is 3.57. The molecule has 2 bridgehead atoms. The van der Waals surface area contributed by atoms with Crippen molar-refractivity contribution in [1.29, 1.82) is 0 Å². The number of benzene rings is 1. The van der Waals surface area contributed by atoms with Gasteiger partial charge in [-0.05, 0) is 56.1 Å². The zero-order valence-electron chi connectivity index (χ0n) is 12.3. The van der Waals surface area contributed by atoms with Gasteiger partial charge in [-0.15, -0.1) is 11.8 Å². The molecule has 1 amide bonds. The number of nitrogens with one attached hydrogen (secondary N) is 1. The molecule has 0 aliphatic heterocycles. The predicted molar refractivity (Wildman–Crippen MR) is 88.7 cm³/mol. The summed E-state index contributed by atoms with van der Waals surface area (Å²) in [5.74, 6) is 3.03. The van der Waals surface area contributed by atoms with Crippen molar-refractivity contribution >= 4 is 29.3 Å². The van der Waals surface area contributed by atoms with E-state index in [0.717, 1.165) is 21.8 Å². The summed E-state index contributed by atoms with van der Waals surface area (Å²) in [6.07, 6.45) is 5.47. The van der Waals surface area contributed by atoms with Crippen molar-refractivity contribution in [2.45, 2.75) is 43.5 Å². The largest absolute Gasteiger partial charge is 0.353 e. The van der Waals surface area contributed by atoms with Crippen molar-refractivity contribution in [3.63, 3.8) is 0 Å². The van der Waals surface area contributed by atoms with Gasteiger partial charge in [0.25, 0.3) is 0 Å². The summed E-state index contributed by atoms with van der Waals surface area (Å²) in [5.41, 5.74) is 0. The molecule has 2 aliphatic carbocycles. The molecular weight excluding hydrogens is 302 g/mol. The highest BCUT2D eigenvalue weighted by atomic mass is 35.5. The molecule has 2 saturated carbocycles. The number of fused-ring (bicyclic) bond motifs is 2. The van der Waals surface area contributed by atoms with Gasteiger partial charge in [-0.25, -0.2) is 0 Å². The van der Waals surface area contributed by atoms with Gasteiger partial charge in [-0.2, -0.15) is 0 Å². The molecule has 1 aromatic rings. The third-order valence-corrected chi connectivity index (χ3v) is 6.53. The van der Waals surface area contributed by atoms with Crippen molar-refractivity contribution in [3.05, 3.63) is 29.3 Å². The van der Waals surface area contributed by atoms with Gasteiger partial charge < -0.3 is 5.32 Å². The second kappa shape index (κ2) is 6.62. The van der Waals surface area contributed by atoms with E-state index < -0.39 is 0 Å². The molecule has 0 aromatic heterocycles. The van der Waals surface area contributed by atoms with Crippen LogP contribution in [0.4, 0.5) is 0 Å². The van der Waals surface area contributed by atoms with Crippen LogP contribution in [0.1, 0.15) is 32.6 Å². The fourth-order valence-electron chi connectivity index (χ4n) is 4.01. The number of carbonyl (C=O) groups is 1. The average Bonchev–Trinajstić information content (AvgIpc) is 3.09. The predicted octanol–water partition coefficient (Wildman–Crippen LogP) is 4.37. The van der Waals surface area contributed by atoms with Crippen molar-refractivity contribution in [1.82, 2.24) is 5.32 Å². The normalized spacial score (nSPS) is 28.6. The topological polar surface area (TPSA) is 29.1 Å². The maximum atomic E-state index is 12.1. The fraction of sp³-hybridized carbons (Fsp3) is 0.588. The van der Waals surface area contributed by atoms with Gasteiger partial charge in [0.1, 0.15) is 0 Å². The minimum atomic E-state index is 0.121. The van der Waals surface area contributed by atoms with E-state index >= 15 is 0 Å². The molecule has 4 heteroatoms. The molecule has 1 N–H and O–H groups in total. The van der Waals surface area contributed by atoms with E-state index in [1.165, 1.54) is 37.4 Å². The lowest BCUT2D eigenvalue weighted by Crippen LogP contribution is -2.40. The van der Waals surface area contributed by atoms with Gasteiger partial charge in [0.05, 0.1) is 10.8 Å². The average molecular weight is 324 g/mol. The zero-order chi connectivity index (χ0) is 14.8. The highest BCUT2D eigenvalue weighted by molar-refractivity contribution is 8.00. The number of hydrogen-bond donors (Lipinski definition) is 1. The van der Waals surface area contributed by atoms with E-state index in [1.54, 1.807) is 0 Å². The first kappa shape index (κ1) is 15.2. The summed E-state index contributed by atoms with van der Waals surface area (Å²) < 4.78 is 0. The maximum absolute atomic E-state index is 12.1. The summed E-state index contributed by atoms with van der Waals surface area (Å²) in [6.45, 7) is 2.17. The first-order valence-corrected chi connectivity index (χ1v) is 9.16. The molecule has 2 fully saturated rings. The van der Waals surface area contributed by atoms with Crippen LogP contribution in [-0.2, 0) is 4.79 Å². The number of carbonyl (C=O) groups excluding carboxylic acids is 1. The Balaban J connectivity index is 1.47. The Bertz CT molecular complexity index is 521. The molecule has 3 rings (SSSR count). The highest BCUT2D eigenvalue weighted by Crippen LogP contribution is 2.49. The summed E-state index contributed by atoms with van der Waals surface area (Å²) >= 11 is 7.62. The maximum Gasteiger partial charge on any atom is 0.230 e. The van der Waals surface area contributed by atoms with Crippen molar-refractivity contribution in [2.24, 2.45) is 17.8 Å². The monoisotopic (exact) mass is 323 g/mol. The summed E-state index contributed by atoms with van der Waals surface area (Å²) in [5, 5.41) is 3.91. The standard InChI is InChI=1S/C17H22ClNOS/c1-11(14-9-12-6-7-13(14)8-12)19-17(20)10-21-16-5-3-2-4-15(16)18/h2-5,11-14H,6-10H2,1H3,(H,19,20)/t11-,12-,13-,14-/m1/s1. The molecular formula is C17H22ClNOS. The van der Waals surface area contributed by atoms with E-state index in [-0.39, 0.29) is 5.91 Å². The SMILES string of the molecule is C[C@@H](NC(=O)CSc1ccccc1Cl)[C@H]1C[C@@H]2CC[C@@H]1C2. The first-order chi connectivity index (χ1) is 10.1.